The molecule has 0 heterocycles. The fourth-order valence-corrected chi connectivity index (χ4v) is 5.61. The maximum atomic E-state index is 13.7. The third-order valence-electron chi connectivity index (χ3n) is 6.90. The second-order valence-electron chi connectivity index (χ2n) is 8.62. The molecule has 2 fully saturated rings. The average Bonchev–Trinajstić information content (AvgIpc) is 2.67. The summed E-state index contributed by atoms with van der Waals surface area (Å²) in [6.07, 6.45) is 9.48. The molecule has 1 aromatic carbocycles. The number of benzene rings is 1. The summed E-state index contributed by atoms with van der Waals surface area (Å²) in [5.41, 5.74) is -0.496. The molecule has 0 aromatic heterocycles. The molecule has 0 spiro atoms. The molecule has 3 rings (SSSR count). The Morgan fingerprint density at radius 1 is 0.929 bits per heavy atom. The zero-order valence-corrected chi connectivity index (χ0v) is 17.7. The molecule has 0 unspecified atom stereocenters. The number of aryl methyl sites for hydroxylation is 1. The van der Waals surface area contributed by atoms with Gasteiger partial charge < -0.3 is 0 Å². The van der Waals surface area contributed by atoms with Crippen LogP contribution in [0.15, 0.2) is 29.3 Å². The lowest BCUT2D eigenvalue weighted by Gasteiger charge is -2.37. The second kappa shape index (κ2) is 9.77. The van der Waals surface area contributed by atoms with Gasteiger partial charge in [0, 0.05) is 0 Å². The third kappa shape index (κ3) is 5.84. The van der Waals surface area contributed by atoms with Gasteiger partial charge in [0.25, 0.3) is 0 Å². The highest BCUT2D eigenvalue weighted by molar-refractivity contribution is 9.11. The van der Waals surface area contributed by atoms with Gasteiger partial charge in [0.05, 0.1) is 5.56 Å². The van der Waals surface area contributed by atoms with Crippen LogP contribution in [0.25, 0.3) is 0 Å². The predicted molar refractivity (Wildman–Crippen MR) is 109 cm³/mol. The number of allylic oxidation sites excluding steroid dienone is 1. The van der Waals surface area contributed by atoms with Gasteiger partial charge in [-0.25, -0.2) is 4.39 Å². The molecule has 0 radical (unpaired) electrons. The SMILES string of the molecule is Fc1cc(CCC2CCC(C3CCC(C=CBr)CC3)CC2)ccc1C(F)(F)F. The maximum absolute atomic E-state index is 13.7. The summed E-state index contributed by atoms with van der Waals surface area (Å²) in [5.74, 6) is 1.91. The summed E-state index contributed by atoms with van der Waals surface area (Å²) in [6.45, 7) is 0. The van der Waals surface area contributed by atoms with Crippen LogP contribution in [-0.2, 0) is 12.6 Å². The van der Waals surface area contributed by atoms with E-state index < -0.39 is 17.6 Å². The van der Waals surface area contributed by atoms with E-state index in [0.29, 0.717) is 17.9 Å². The van der Waals surface area contributed by atoms with Gasteiger partial charge in [-0.15, -0.1) is 0 Å². The summed E-state index contributed by atoms with van der Waals surface area (Å²) >= 11 is 3.38. The Balaban J connectivity index is 1.42. The highest BCUT2D eigenvalue weighted by atomic mass is 79.9. The molecular weight excluding hydrogens is 432 g/mol. The van der Waals surface area contributed by atoms with E-state index in [0.717, 1.165) is 36.3 Å². The van der Waals surface area contributed by atoms with Crippen molar-refractivity contribution in [1.82, 2.24) is 0 Å². The zero-order valence-electron chi connectivity index (χ0n) is 16.2. The Bertz CT molecular complexity index is 651. The normalized spacial score (nSPS) is 29.3. The number of halogens is 5. The molecule has 0 nitrogen and oxygen atoms in total. The van der Waals surface area contributed by atoms with Gasteiger partial charge in [0.2, 0.25) is 0 Å². The van der Waals surface area contributed by atoms with Crippen molar-refractivity contribution in [1.29, 1.82) is 0 Å². The van der Waals surface area contributed by atoms with Crippen LogP contribution in [0.5, 0.6) is 0 Å². The lowest BCUT2D eigenvalue weighted by atomic mass is 9.68. The lowest BCUT2D eigenvalue weighted by Crippen LogP contribution is -2.25. The molecule has 0 amide bonds. The summed E-state index contributed by atoms with van der Waals surface area (Å²) < 4.78 is 51.7. The van der Waals surface area contributed by atoms with Gasteiger partial charge in [-0.05, 0) is 97.7 Å². The van der Waals surface area contributed by atoms with E-state index in [1.807, 2.05) is 4.99 Å². The van der Waals surface area contributed by atoms with Gasteiger partial charge in [-0.3, -0.25) is 0 Å². The quantitative estimate of drug-likeness (QED) is 0.387. The Morgan fingerprint density at radius 3 is 2.07 bits per heavy atom. The summed E-state index contributed by atoms with van der Waals surface area (Å²) in [5, 5.41) is 0. The number of hydrogen-bond acceptors (Lipinski definition) is 0. The molecular formula is C23H29BrF4. The first-order valence-electron chi connectivity index (χ1n) is 10.5. The molecule has 1 aromatic rings. The first-order valence-corrected chi connectivity index (χ1v) is 11.4. The van der Waals surface area contributed by atoms with Crippen LogP contribution in [0.2, 0.25) is 0 Å². The van der Waals surface area contributed by atoms with Crippen molar-refractivity contribution in [2.45, 2.75) is 70.4 Å². The zero-order chi connectivity index (χ0) is 20.1. The molecule has 2 saturated carbocycles. The smallest absolute Gasteiger partial charge is 0.206 e. The largest absolute Gasteiger partial charge is 0.419 e. The molecule has 2 aliphatic carbocycles. The Hall–Kier alpha value is -0.840. The van der Waals surface area contributed by atoms with Gasteiger partial charge in [-0.1, -0.05) is 40.9 Å². The molecule has 0 aliphatic heterocycles. The Labute approximate surface area is 173 Å². The van der Waals surface area contributed by atoms with Crippen molar-refractivity contribution in [3.05, 3.63) is 46.2 Å². The topological polar surface area (TPSA) is 0 Å². The summed E-state index contributed by atoms with van der Waals surface area (Å²) in [4.78, 5) is 1.99. The minimum atomic E-state index is -4.62. The Morgan fingerprint density at radius 2 is 1.54 bits per heavy atom. The van der Waals surface area contributed by atoms with Crippen molar-refractivity contribution in [3.63, 3.8) is 0 Å². The van der Waals surface area contributed by atoms with Crippen molar-refractivity contribution in [2.24, 2.45) is 23.7 Å². The summed E-state index contributed by atoms with van der Waals surface area (Å²) in [7, 11) is 0. The molecule has 0 saturated heterocycles. The van der Waals surface area contributed by atoms with E-state index in [9.17, 15) is 17.6 Å². The molecule has 5 heteroatoms. The van der Waals surface area contributed by atoms with E-state index in [2.05, 4.69) is 22.0 Å². The van der Waals surface area contributed by atoms with Crippen LogP contribution in [0.1, 0.15) is 68.9 Å². The average molecular weight is 461 g/mol. The first kappa shape index (κ1) is 21.9. The van der Waals surface area contributed by atoms with E-state index in [-0.39, 0.29) is 0 Å². The third-order valence-corrected chi connectivity index (χ3v) is 7.20. The van der Waals surface area contributed by atoms with Gasteiger partial charge in [-0.2, -0.15) is 13.2 Å². The minimum Gasteiger partial charge on any atom is -0.206 e. The predicted octanol–water partition coefficient (Wildman–Crippen LogP) is 8.30. The van der Waals surface area contributed by atoms with E-state index in [1.165, 1.54) is 57.4 Å². The molecule has 28 heavy (non-hydrogen) atoms. The highest BCUT2D eigenvalue weighted by Gasteiger charge is 2.34. The highest BCUT2D eigenvalue weighted by Crippen LogP contribution is 2.42. The molecule has 0 atom stereocenters. The van der Waals surface area contributed by atoms with Crippen LogP contribution in [0.4, 0.5) is 17.6 Å². The molecule has 2 aliphatic rings. The second-order valence-corrected chi connectivity index (χ2v) is 9.15. The first-order chi connectivity index (χ1) is 13.4. The van der Waals surface area contributed by atoms with Gasteiger partial charge in [0.1, 0.15) is 5.82 Å². The fraction of sp³-hybridized carbons (Fsp3) is 0.652. The minimum absolute atomic E-state index is 0.620. The number of hydrogen-bond donors (Lipinski definition) is 0. The summed E-state index contributed by atoms with van der Waals surface area (Å²) in [6, 6.07) is 3.37. The molecule has 0 N–H and O–H groups in total. The van der Waals surface area contributed by atoms with Crippen LogP contribution in [0, 0.1) is 29.5 Å². The fourth-order valence-electron chi connectivity index (χ4n) is 5.17. The standard InChI is InChI=1S/C23H29BrF4/c24-14-13-17-5-10-20(11-6-17)19-8-3-16(4-9-19)1-2-18-7-12-21(22(25)15-18)23(26,27)28/h7,12-17,19-20H,1-6,8-11H2. The van der Waals surface area contributed by atoms with Crippen LogP contribution >= 0.6 is 15.9 Å². The Kier molecular flexibility index (Phi) is 7.63. The molecule has 156 valence electrons. The van der Waals surface area contributed by atoms with Crippen molar-refractivity contribution < 1.29 is 17.6 Å². The van der Waals surface area contributed by atoms with Crippen molar-refractivity contribution in [2.75, 3.05) is 0 Å². The van der Waals surface area contributed by atoms with Crippen LogP contribution < -0.4 is 0 Å². The monoisotopic (exact) mass is 460 g/mol. The maximum Gasteiger partial charge on any atom is 0.419 e. The number of alkyl halides is 3. The molecule has 0 bridgehead atoms. The number of rotatable bonds is 5. The van der Waals surface area contributed by atoms with Crippen molar-refractivity contribution in [3.8, 4) is 0 Å². The van der Waals surface area contributed by atoms with Crippen LogP contribution in [-0.4, -0.2) is 0 Å². The van der Waals surface area contributed by atoms with E-state index in [1.54, 1.807) is 0 Å². The van der Waals surface area contributed by atoms with Gasteiger partial charge >= 0.3 is 6.18 Å². The van der Waals surface area contributed by atoms with Crippen molar-refractivity contribution >= 4 is 15.9 Å². The van der Waals surface area contributed by atoms with E-state index in [4.69, 9.17) is 0 Å². The lowest BCUT2D eigenvalue weighted by molar-refractivity contribution is -0.140. The van der Waals surface area contributed by atoms with Gasteiger partial charge in [0.15, 0.2) is 0 Å². The van der Waals surface area contributed by atoms with E-state index >= 15 is 0 Å². The van der Waals surface area contributed by atoms with Crippen LogP contribution in [0.3, 0.4) is 0 Å².